The molecule has 2 heterocycles. The van der Waals surface area contributed by atoms with Gasteiger partial charge in [0.1, 0.15) is 5.82 Å². The van der Waals surface area contributed by atoms with Crippen LogP contribution in [0.2, 0.25) is 0 Å². The Kier molecular flexibility index (Phi) is 8.63. The summed E-state index contributed by atoms with van der Waals surface area (Å²) >= 11 is 0. The van der Waals surface area contributed by atoms with Crippen LogP contribution in [0.1, 0.15) is 44.1 Å². The first-order valence-electron chi connectivity index (χ1n) is 11.0. The van der Waals surface area contributed by atoms with Gasteiger partial charge in [-0.3, -0.25) is 14.5 Å². The van der Waals surface area contributed by atoms with Crippen molar-refractivity contribution in [2.45, 2.75) is 51.2 Å². The fraction of sp³-hybridized carbons (Fsp3) is 0.652. The van der Waals surface area contributed by atoms with Gasteiger partial charge in [-0.1, -0.05) is 18.2 Å². The number of rotatable bonds is 9. The minimum atomic E-state index is -0.359. The number of carbonyl (C=O) groups excluding carboxylic acids is 2. The predicted octanol–water partition coefficient (Wildman–Crippen LogP) is 3.00. The summed E-state index contributed by atoms with van der Waals surface area (Å²) in [6.45, 7) is 4.44. The maximum absolute atomic E-state index is 13.9. The minimum Gasteiger partial charge on any atom is -0.469 e. The molecule has 0 bridgehead atoms. The molecule has 30 heavy (non-hydrogen) atoms. The molecule has 2 fully saturated rings. The van der Waals surface area contributed by atoms with Crippen LogP contribution in [0.5, 0.6) is 0 Å². The predicted molar refractivity (Wildman–Crippen MR) is 111 cm³/mol. The second-order valence-corrected chi connectivity index (χ2v) is 8.32. The first-order chi connectivity index (χ1) is 14.5. The maximum Gasteiger partial charge on any atom is 0.306 e. The highest BCUT2D eigenvalue weighted by Gasteiger charge is 2.27. The number of halogens is 1. The number of esters is 1. The molecule has 1 aromatic carbocycles. The monoisotopic (exact) mass is 420 g/mol. The van der Waals surface area contributed by atoms with Crippen molar-refractivity contribution >= 4 is 11.9 Å². The van der Waals surface area contributed by atoms with Crippen molar-refractivity contribution in [1.82, 2.24) is 9.80 Å². The van der Waals surface area contributed by atoms with E-state index in [4.69, 9.17) is 4.74 Å². The van der Waals surface area contributed by atoms with E-state index in [1.807, 2.05) is 17.0 Å². The highest BCUT2D eigenvalue weighted by Crippen LogP contribution is 2.23. The van der Waals surface area contributed by atoms with Crippen LogP contribution < -0.4 is 0 Å². The van der Waals surface area contributed by atoms with Crippen molar-refractivity contribution in [3.05, 3.63) is 35.6 Å². The standard InChI is InChI=1S/C23H33FN2O4/c1-29-23(28)9-8-22(27)26(17-20-6-4-14-30-20)15-18-10-12-25(13-11-18)16-19-5-2-3-7-21(19)24/h2-3,5,7,18,20H,4,6,8-17H2,1H3. The number of methoxy groups -OCH3 is 1. The fourth-order valence-electron chi connectivity index (χ4n) is 4.29. The van der Waals surface area contributed by atoms with Crippen molar-refractivity contribution in [3.8, 4) is 0 Å². The summed E-state index contributed by atoms with van der Waals surface area (Å²) in [5.41, 5.74) is 0.731. The van der Waals surface area contributed by atoms with Gasteiger partial charge in [0.2, 0.25) is 5.91 Å². The molecule has 166 valence electrons. The smallest absolute Gasteiger partial charge is 0.306 e. The van der Waals surface area contributed by atoms with Crippen LogP contribution in [-0.4, -0.2) is 67.7 Å². The summed E-state index contributed by atoms with van der Waals surface area (Å²) in [5, 5.41) is 0. The normalized spacial score (nSPS) is 20.3. The van der Waals surface area contributed by atoms with Gasteiger partial charge in [-0.15, -0.1) is 0 Å². The average Bonchev–Trinajstić information content (AvgIpc) is 3.27. The molecule has 1 atom stereocenters. The summed E-state index contributed by atoms with van der Waals surface area (Å²) < 4.78 is 24.3. The van der Waals surface area contributed by atoms with Gasteiger partial charge in [0, 0.05) is 38.2 Å². The molecule has 2 aliphatic rings. The van der Waals surface area contributed by atoms with Gasteiger partial charge in [0.25, 0.3) is 0 Å². The Hall–Kier alpha value is -1.99. The van der Waals surface area contributed by atoms with E-state index in [0.29, 0.717) is 25.6 Å². The molecule has 2 aliphatic heterocycles. The van der Waals surface area contributed by atoms with Crippen LogP contribution in [0.15, 0.2) is 24.3 Å². The molecule has 0 N–H and O–H groups in total. The third-order valence-corrected chi connectivity index (χ3v) is 6.11. The quantitative estimate of drug-likeness (QED) is 0.575. The molecule has 2 saturated heterocycles. The first-order valence-corrected chi connectivity index (χ1v) is 11.0. The molecule has 0 aliphatic carbocycles. The lowest BCUT2D eigenvalue weighted by Crippen LogP contribution is -2.43. The molecule has 0 spiro atoms. The molecule has 7 heteroatoms. The van der Waals surface area contributed by atoms with Crippen LogP contribution in [0.25, 0.3) is 0 Å². The largest absolute Gasteiger partial charge is 0.469 e. The number of hydrogen-bond donors (Lipinski definition) is 0. The van der Waals surface area contributed by atoms with Crippen LogP contribution in [0.4, 0.5) is 4.39 Å². The van der Waals surface area contributed by atoms with Gasteiger partial charge in [-0.05, 0) is 50.8 Å². The minimum absolute atomic E-state index is 0.00955. The Morgan fingerprint density at radius 1 is 1.17 bits per heavy atom. The van der Waals surface area contributed by atoms with Gasteiger partial charge >= 0.3 is 5.97 Å². The Labute approximate surface area is 178 Å². The summed E-state index contributed by atoms with van der Waals surface area (Å²) in [5.74, 6) is -0.115. The molecule has 0 saturated carbocycles. The number of piperidine rings is 1. The molecule has 1 unspecified atom stereocenters. The Bertz CT molecular complexity index is 700. The molecule has 1 amide bonds. The second-order valence-electron chi connectivity index (χ2n) is 8.32. The lowest BCUT2D eigenvalue weighted by Gasteiger charge is -2.35. The number of nitrogens with zero attached hydrogens (tertiary/aromatic N) is 2. The Balaban J connectivity index is 1.50. The second kappa shape index (κ2) is 11.4. The SMILES string of the molecule is COC(=O)CCC(=O)N(CC1CCN(Cc2ccccc2F)CC1)CC1CCCO1. The van der Waals surface area contributed by atoms with Crippen molar-refractivity contribution in [1.29, 1.82) is 0 Å². The first kappa shape index (κ1) is 22.7. The van der Waals surface area contributed by atoms with E-state index in [-0.39, 0.29) is 36.6 Å². The van der Waals surface area contributed by atoms with Gasteiger partial charge in [0.05, 0.1) is 19.6 Å². The molecular weight excluding hydrogens is 387 g/mol. The van der Waals surface area contributed by atoms with Crippen LogP contribution >= 0.6 is 0 Å². The van der Waals surface area contributed by atoms with E-state index in [0.717, 1.165) is 50.9 Å². The molecule has 0 radical (unpaired) electrons. The van der Waals surface area contributed by atoms with Gasteiger partial charge in [-0.25, -0.2) is 4.39 Å². The number of ether oxygens (including phenoxy) is 2. The van der Waals surface area contributed by atoms with Crippen LogP contribution in [0, 0.1) is 11.7 Å². The third kappa shape index (κ3) is 6.77. The Morgan fingerprint density at radius 3 is 2.60 bits per heavy atom. The van der Waals surface area contributed by atoms with E-state index in [1.165, 1.54) is 13.2 Å². The maximum atomic E-state index is 13.9. The number of benzene rings is 1. The molecule has 3 rings (SSSR count). The third-order valence-electron chi connectivity index (χ3n) is 6.11. The number of likely N-dealkylation sites (tertiary alicyclic amines) is 1. The summed E-state index contributed by atoms with van der Waals surface area (Å²) in [7, 11) is 1.34. The summed E-state index contributed by atoms with van der Waals surface area (Å²) in [4.78, 5) is 28.4. The van der Waals surface area contributed by atoms with Crippen LogP contribution in [-0.2, 0) is 25.6 Å². The van der Waals surface area contributed by atoms with E-state index in [9.17, 15) is 14.0 Å². The number of carbonyl (C=O) groups is 2. The number of hydrogen-bond acceptors (Lipinski definition) is 5. The average molecular weight is 421 g/mol. The lowest BCUT2D eigenvalue weighted by atomic mass is 9.95. The molecule has 0 aromatic heterocycles. The zero-order valence-electron chi connectivity index (χ0n) is 17.9. The number of amides is 1. The molecular formula is C23H33FN2O4. The van der Waals surface area contributed by atoms with Gasteiger partial charge < -0.3 is 14.4 Å². The van der Waals surface area contributed by atoms with Crippen LogP contribution in [0.3, 0.4) is 0 Å². The van der Waals surface area contributed by atoms with E-state index in [2.05, 4.69) is 9.64 Å². The van der Waals surface area contributed by atoms with E-state index >= 15 is 0 Å². The summed E-state index contributed by atoms with van der Waals surface area (Å²) in [6.07, 6.45) is 4.32. The topological polar surface area (TPSA) is 59.1 Å². The highest BCUT2D eigenvalue weighted by molar-refractivity contribution is 5.81. The van der Waals surface area contributed by atoms with Crippen molar-refractivity contribution < 1.29 is 23.5 Å². The molecule has 1 aromatic rings. The van der Waals surface area contributed by atoms with Crippen molar-refractivity contribution in [2.24, 2.45) is 5.92 Å². The van der Waals surface area contributed by atoms with E-state index < -0.39 is 0 Å². The fourth-order valence-corrected chi connectivity index (χ4v) is 4.29. The highest BCUT2D eigenvalue weighted by atomic mass is 19.1. The zero-order valence-corrected chi connectivity index (χ0v) is 17.9. The van der Waals surface area contributed by atoms with Gasteiger partial charge in [0.15, 0.2) is 0 Å². The van der Waals surface area contributed by atoms with Gasteiger partial charge in [-0.2, -0.15) is 0 Å². The van der Waals surface area contributed by atoms with Crippen molar-refractivity contribution in [2.75, 3.05) is 39.9 Å². The lowest BCUT2D eigenvalue weighted by molar-refractivity contribution is -0.144. The summed E-state index contributed by atoms with van der Waals surface area (Å²) in [6, 6.07) is 6.93. The Morgan fingerprint density at radius 2 is 1.93 bits per heavy atom. The zero-order chi connectivity index (χ0) is 21.3. The molecule has 6 nitrogen and oxygen atoms in total. The van der Waals surface area contributed by atoms with Crippen molar-refractivity contribution in [3.63, 3.8) is 0 Å². The van der Waals surface area contributed by atoms with E-state index in [1.54, 1.807) is 6.07 Å².